The smallest absolute Gasteiger partial charge is 0.0549 e. The molecule has 2 heteroatoms. The number of nitrogens with zero attached hydrogens (tertiary/aromatic N) is 1. The Kier molecular flexibility index (Phi) is 5.07. The van der Waals surface area contributed by atoms with Crippen molar-refractivity contribution in [3.8, 4) is 0 Å². The average molecular weight is 213 g/mol. The first kappa shape index (κ1) is 13.0. The summed E-state index contributed by atoms with van der Waals surface area (Å²) in [5.74, 6) is 1.69. The second kappa shape index (κ2) is 5.86. The van der Waals surface area contributed by atoms with E-state index in [2.05, 4.69) is 25.8 Å². The van der Waals surface area contributed by atoms with Crippen molar-refractivity contribution < 1.29 is 5.11 Å². The zero-order valence-electron chi connectivity index (χ0n) is 10.7. The molecular weight excluding hydrogens is 186 g/mol. The molecule has 0 aliphatic heterocycles. The number of rotatable bonds is 6. The van der Waals surface area contributed by atoms with Gasteiger partial charge in [0.2, 0.25) is 0 Å². The summed E-state index contributed by atoms with van der Waals surface area (Å²) < 4.78 is 0. The van der Waals surface area contributed by atoms with Gasteiger partial charge in [-0.1, -0.05) is 20.8 Å². The highest BCUT2D eigenvalue weighted by atomic mass is 16.3. The van der Waals surface area contributed by atoms with E-state index in [9.17, 15) is 5.11 Å². The van der Waals surface area contributed by atoms with Crippen LogP contribution >= 0.6 is 0 Å². The molecule has 0 aromatic rings. The minimum atomic E-state index is -0.106. The maximum atomic E-state index is 9.53. The number of aliphatic hydroxyl groups excluding tert-OH is 1. The van der Waals surface area contributed by atoms with Gasteiger partial charge in [0.15, 0.2) is 0 Å². The van der Waals surface area contributed by atoms with Crippen molar-refractivity contribution in [2.24, 2.45) is 11.8 Å². The number of hydrogen-bond acceptors (Lipinski definition) is 2. The first-order valence-corrected chi connectivity index (χ1v) is 6.44. The lowest BCUT2D eigenvalue weighted by Crippen LogP contribution is -2.47. The molecule has 0 bridgehead atoms. The molecule has 1 N–H and O–H groups in total. The molecule has 0 saturated heterocycles. The maximum Gasteiger partial charge on any atom is 0.0549 e. The van der Waals surface area contributed by atoms with Crippen LogP contribution in [0.25, 0.3) is 0 Å². The Labute approximate surface area is 94.7 Å². The SMILES string of the molecule is CCC(O)CCN(C)C1CCC1C(C)C. The van der Waals surface area contributed by atoms with Crippen LogP contribution in [-0.4, -0.2) is 35.7 Å². The van der Waals surface area contributed by atoms with Crippen molar-refractivity contribution in [1.82, 2.24) is 4.90 Å². The molecule has 1 saturated carbocycles. The van der Waals surface area contributed by atoms with Gasteiger partial charge in [-0.05, 0) is 44.6 Å². The van der Waals surface area contributed by atoms with Gasteiger partial charge in [0, 0.05) is 12.6 Å². The van der Waals surface area contributed by atoms with E-state index in [0.29, 0.717) is 0 Å². The molecule has 3 atom stereocenters. The van der Waals surface area contributed by atoms with Crippen LogP contribution in [0.15, 0.2) is 0 Å². The van der Waals surface area contributed by atoms with E-state index in [1.165, 1.54) is 12.8 Å². The fourth-order valence-electron chi connectivity index (χ4n) is 2.56. The summed E-state index contributed by atoms with van der Waals surface area (Å²) >= 11 is 0. The van der Waals surface area contributed by atoms with Gasteiger partial charge in [0.25, 0.3) is 0 Å². The van der Waals surface area contributed by atoms with E-state index in [0.717, 1.165) is 37.3 Å². The zero-order valence-corrected chi connectivity index (χ0v) is 10.7. The van der Waals surface area contributed by atoms with Gasteiger partial charge >= 0.3 is 0 Å². The summed E-state index contributed by atoms with van der Waals surface area (Å²) in [4.78, 5) is 2.45. The Hall–Kier alpha value is -0.0800. The van der Waals surface area contributed by atoms with Crippen LogP contribution < -0.4 is 0 Å². The number of aliphatic hydroxyl groups is 1. The second-order valence-corrected chi connectivity index (χ2v) is 5.38. The van der Waals surface area contributed by atoms with Gasteiger partial charge in [-0.2, -0.15) is 0 Å². The van der Waals surface area contributed by atoms with Gasteiger partial charge in [-0.25, -0.2) is 0 Å². The molecule has 15 heavy (non-hydrogen) atoms. The van der Waals surface area contributed by atoms with Gasteiger partial charge < -0.3 is 10.0 Å². The Morgan fingerprint density at radius 3 is 2.40 bits per heavy atom. The van der Waals surface area contributed by atoms with E-state index >= 15 is 0 Å². The monoisotopic (exact) mass is 213 g/mol. The van der Waals surface area contributed by atoms with Crippen LogP contribution in [0, 0.1) is 11.8 Å². The highest BCUT2D eigenvalue weighted by Crippen LogP contribution is 2.36. The van der Waals surface area contributed by atoms with E-state index in [4.69, 9.17) is 0 Å². The predicted molar refractivity (Wildman–Crippen MR) is 64.9 cm³/mol. The lowest BCUT2D eigenvalue weighted by molar-refractivity contribution is 0.0418. The number of hydrogen-bond donors (Lipinski definition) is 1. The van der Waals surface area contributed by atoms with Crippen molar-refractivity contribution in [3.05, 3.63) is 0 Å². The molecule has 1 aliphatic rings. The van der Waals surface area contributed by atoms with Crippen LogP contribution in [0.1, 0.15) is 46.5 Å². The van der Waals surface area contributed by atoms with Crippen molar-refractivity contribution in [1.29, 1.82) is 0 Å². The summed E-state index contributed by atoms with van der Waals surface area (Å²) in [6.07, 6.45) is 4.44. The average Bonchev–Trinajstić information content (AvgIpc) is 2.11. The summed E-state index contributed by atoms with van der Waals surface area (Å²) in [5, 5.41) is 9.53. The van der Waals surface area contributed by atoms with Crippen LogP contribution in [0.4, 0.5) is 0 Å². The second-order valence-electron chi connectivity index (χ2n) is 5.38. The highest BCUT2D eigenvalue weighted by molar-refractivity contribution is 4.89. The third-order valence-corrected chi connectivity index (χ3v) is 4.00. The molecule has 90 valence electrons. The van der Waals surface area contributed by atoms with Crippen LogP contribution in [-0.2, 0) is 0 Å². The van der Waals surface area contributed by atoms with Gasteiger partial charge in [-0.3, -0.25) is 0 Å². The van der Waals surface area contributed by atoms with E-state index in [-0.39, 0.29) is 6.10 Å². The molecule has 0 heterocycles. The summed E-state index contributed by atoms with van der Waals surface area (Å²) in [7, 11) is 2.21. The van der Waals surface area contributed by atoms with Crippen LogP contribution in [0.5, 0.6) is 0 Å². The molecule has 0 amide bonds. The minimum Gasteiger partial charge on any atom is -0.393 e. The maximum absolute atomic E-state index is 9.53. The molecular formula is C13H27NO. The topological polar surface area (TPSA) is 23.5 Å². The standard InChI is InChI=1S/C13H27NO/c1-5-11(15)8-9-14(4)13-7-6-12(13)10(2)3/h10-13,15H,5-9H2,1-4H3. The molecule has 0 aromatic carbocycles. The molecule has 3 unspecified atom stereocenters. The van der Waals surface area contributed by atoms with E-state index in [1.807, 2.05) is 6.92 Å². The van der Waals surface area contributed by atoms with E-state index < -0.39 is 0 Å². The fraction of sp³-hybridized carbons (Fsp3) is 1.00. The largest absolute Gasteiger partial charge is 0.393 e. The zero-order chi connectivity index (χ0) is 11.4. The van der Waals surface area contributed by atoms with Crippen LogP contribution in [0.3, 0.4) is 0 Å². The van der Waals surface area contributed by atoms with Crippen molar-refractivity contribution >= 4 is 0 Å². The Morgan fingerprint density at radius 2 is 2.00 bits per heavy atom. The molecule has 1 aliphatic carbocycles. The lowest BCUT2D eigenvalue weighted by Gasteiger charge is -2.45. The highest BCUT2D eigenvalue weighted by Gasteiger charge is 2.35. The van der Waals surface area contributed by atoms with Gasteiger partial charge in [0.05, 0.1) is 6.10 Å². The first-order valence-electron chi connectivity index (χ1n) is 6.44. The van der Waals surface area contributed by atoms with Gasteiger partial charge in [-0.15, -0.1) is 0 Å². The molecule has 2 nitrogen and oxygen atoms in total. The van der Waals surface area contributed by atoms with Crippen molar-refractivity contribution in [2.45, 2.75) is 58.6 Å². The molecule has 1 rings (SSSR count). The van der Waals surface area contributed by atoms with E-state index in [1.54, 1.807) is 0 Å². The van der Waals surface area contributed by atoms with Crippen LogP contribution in [0.2, 0.25) is 0 Å². The Bertz CT molecular complexity index is 181. The fourth-order valence-corrected chi connectivity index (χ4v) is 2.56. The third-order valence-electron chi connectivity index (χ3n) is 4.00. The lowest BCUT2D eigenvalue weighted by atomic mass is 9.72. The molecule has 0 radical (unpaired) electrons. The quantitative estimate of drug-likeness (QED) is 0.733. The summed E-state index contributed by atoms with van der Waals surface area (Å²) in [5.41, 5.74) is 0. The molecule has 0 aromatic heterocycles. The summed E-state index contributed by atoms with van der Waals surface area (Å²) in [6, 6.07) is 0.772. The first-order chi connectivity index (χ1) is 7.06. The van der Waals surface area contributed by atoms with Crippen molar-refractivity contribution in [2.75, 3.05) is 13.6 Å². The summed E-state index contributed by atoms with van der Waals surface area (Å²) in [6.45, 7) is 7.74. The van der Waals surface area contributed by atoms with Gasteiger partial charge in [0.1, 0.15) is 0 Å². The molecule has 0 spiro atoms. The Morgan fingerprint density at radius 1 is 1.33 bits per heavy atom. The van der Waals surface area contributed by atoms with Crippen molar-refractivity contribution in [3.63, 3.8) is 0 Å². The minimum absolute atomic E-state index is 0.106. The normalized spacial score (nSPS) is 28.2. The predicted octanol–water partition coefficient (Wildman–Crippen LogP) is 2.51. The molecule has 1 fully saturated rings. The Balaban J connectivity index is 2.25. The third kappa shape index (κ3) is 3.46.